The van der Waals surface area contributed by atoms with Gasteiger partial charge in [0.25, 0.3) is 0 Å². The van der Waals surface area contributed by atoms with Crippen molar-refractivity contribution in [1.82, 2.24) is 0 Å². The van der Waals surface area contributed by atoms with Gasteiger partial charge < -0.3 is 0 Å². The Morgan fingerprint density at radius 3 is 1.53 bits per heavy atom. The molecule has 6 rings (SSSR count). The molecule has 1 saturated heterocycles. The molecule has 1 heterocycles. The van der Waals surface area contributed by atoms with Crippen molar-refractivity contribution in [3.05, 3.63) is 151 Å². The number of rotatable bonds is 4. The van der Waals surface area contributed by atoms with Gasteiger partial charge in [-0.1, -0.05) is 13.8 Å². The van der Waals surface area contributed by atoms with Gasteiger partial charge in [0.05, 0.1) is 0 Å². The van der Waals surface area contributed by atoms with Crippen LogP contribution in [0, 0.1) is 11.7 Å². The monoisotopic (exact) mass is 494 g/mol. The zero-order chi connectivity index (χ0) is 25.0. The Labute approximate surface area is 214 Å². The van der Waals surface area contributed by atoms with Crippen LogP contribution in [-0.2, 0) is 4.52 Å². The van der Waals surface area contributed by atoms with Crippen molar-refractivity contribution in [3.63, 3.8) is 0 Å². The molecule has 4 aromatic rings. The van der Waals surface area contributed by atoms with Crippen LogP contribution in [0.4, 0.5) is 4.39 Å². The molecular weight excluding hydrogens is 462 g/mol. The SMILES string of the molecule is CC.Fc1ccccc1C1OP(c2ccccc2)(c2ccccc2)(c2ccccc2)C2C=CC=C[C@H]12. The summed E-state index contributed by atoms with van der Waals surface area (Å²) in [6.07, 6.45) is 8.31. The fourth-order valence-corrected chi connectivity index (χ4v) is 12.8. The molecule has 0 N–H and O–H groups in total. The maximum atomic E-state index is 15.3. The van der Waals surface area contributed by atoms with Crippen LogP contribution in [0.2, 0.25) is 0 Å². The molecule has 1 nitrogen and oxygen atoms in total. The van der Waals surface area contributed by atoms with Crippen molar-refractivity contribution in [2.75, 3.05) is 0 Å². The summed E-state index contributed by atoms with van der Waals surface area (Å²) in [6.45, 7) is 0.423. The molecule has 0 radical (unpaired) electrons. The first kappa shape index (κ1) is 24.4. The Morgan fingerprint density at radius 1 is 0.583 bits per heavy atom. The van der Waals surface area contributed by atoms with Gasteiger partial charge in [-0.15, -0.1) is 0 Å². The molecule has 3 atom stereocenters. The zero-order valence-corrected chi connectivity index (χ0v) is 21.6. The number of hydrogen-bond acceptors (Lipinski definition) is 1. The Balaban J connectivity index is 0.00000130. The van der Waals surface area contributed by atoms with Gasteiger partial charge in [-0.3, -0.25) is 0 Å². The predicted octanol–water partition coefficient (Wildman–Crippen LogP) is 7.48. The number of halogens is 1. The van der Waals surface area contributed by atoms with Crippen LogP contribution in [0.1, 0.15) is 25.5 Å². The third-order valence-electron chi connectivity index (χ3n) is 7.42. The van der Waals surface area contributed by atoms with Crippen LogP contribution < -0.4 is 15.9 Å². The third kappa shape index (κ3) is 3.44. The molecule has 0 spiro atoms. The minimum absolute atomic E-state index is 0.000171. The molecule has 4 aromatic carbocycles. The van der Waals surface area contributed by atoms with Gasteiger partial charge in [0.1, 0.15) is 0 Å². The van der Waals surface area contributed by atoms with E-state index in [0.717, 1.165) is 0 Å². The van der Waals surface area contributed by atoms with Crippen molar-refractivity contribution in [3.8, 4) is 0 Å². The molecule has 0 bridgehead atoms. The number of fused-ring (bicyclic) bond motifs is 1. The summed E-state index contributed by atoms with van der Waals surface area (Å²) < 4.78 is 22.9. The predicted molar refractivity (Wildman–Crippen MR) is 152 cm³/mol. The van der Waals surface area contributed by atoms with E-state index in [1.807, 2.05) is 44.2 Å². The number of benzene rings is 4. The van der Waals surface area contributed by atoms with Crippen LogP contribution in [0.15, 0.2) is 140 Å². The summed E-state index contributed by atoms with van der Waals surface area (Å²) in [7, 11) is 0. The Hall–Kier alpha value is -3.32. The van der Waals surface area contributed by atoms with Gasteiger partial charge in [-0.2, -0.15) is 0 Å². The standard InChI is InChI=1S/C31H26FOP.C2H6/c32-29-22-12-10-20-27(29)31-28-21-11-13-23-30(28)34(33-31,24-14-4-1-5-15-24,25-16-6-2-7-17-25)26-18-8-3-9-19-26;1-2/h1-23,28,30-31H;1-2H3/t28-,30?,31?;/m0./s1. The summed E-state index contributed by atoms with van der Waals surface area (Å²) in [4.78, 5) is 0. The van der Waals surface area contributed by atoms with Gasteiger partial charge in [0, 0.05) is 0 Å². The van der Waals surface area contributed by atoms with Gasteiger partial charge in [0.15, 0.2) is 0 Å². The van der Waals surface area contributed by atoms with Crippen molar-refractivity contribution < 1.29 is 8.91 Å². The summed E-state index contributed by atoms with van der Waals surface area (Å²) in [6, 6.07) is 38.9. The van der Waals surface area contributed by atoms with Crippen molar-refractivity contribution in [2.24, 2.45) is 5.92 Å². The number of hydrogen-bond donors (Lipinski definition) is 0. The minimum atomic E-state index is -3.58. The van der Waals surface area contributed by atoms with E-state index in [0.29, 0.717) is 5.56 Å². The quantitative estimate of drug-likeness (QED) is 0.267. The Kier molecular flexibility index (Phi) is 6.75. The normalized spacial score (nSPS) is 24.0. The van der Waals surface area contributed by atoms with Gasteiger partial charge in [-0.05, 0) is 0 Å². The number of allylic oxidation sites excluding steroid dienone is 3. The molecule has 36 heavy (non-hydrogen) atoms. The summed E-state index contributed by atoms with van der Waals surface area (Å²) >= 11 is 0. The van der Waals surface area contributed by atoms with E-state index in [2.05, 4.69) is 97.1 Å². The fraction of sp³-hybridized carbons (Fsp3) is 0.152. The molecule has 2 aliphatic rings. The van der Waals surface area contributed by atoms with Gasteiger partial charge in [-0.25, -0.2) is 0 Å². The van der Waals surface area contributed by atoms with Crippen molar-refractivity contribution >= 4 is 22.7 Å². The van der Waals surface area contributed by atoms with Crippen LogP contribution >= 0.6 is 6.83 Å². The molecule has 0 aromatic heterocycles. The first-order chi connectivity index (χ1) is 17.8. The second kappa shape index (κ2) is 9.97. The molecule has 1 fully saturated rings. The molecule has 182 valence electrons. The van der Waals surface area contributed by atoms with E-state index < -0.39 is 12.9 Å². The molecular formula is C33H32FOP. The van der Waals surface area contributed by atoms with Crippen LogP contribution in [-0.4, -0.2) is 5.66 Å². The molecule has 2 unspecified atom stereocenters. The first-order valence-corrected chi connectivity index (χ1v) is 14.9. The van der Waals surface area contributed by atoms with Crippen molar-refractivity contribution in [2.45, 2.75) is 25.6 Å². The van der Waals surface area contributed by atoms with E-state index in [9.17, 15) is 0 Å². The first-order valence-electron chi connectivity index (χ1n) is 12.7. The molecule has 0 saturated carbocycles. The molecule has 1 aliphatic carbocycles. The molecule has 3 heteroatoms. The summed E-state index contributed by atoms with van der Waals surface area (Å²) in [5.74, 6) is -0.220. The van der Waals surface area contributed by atoms with E-state index >= 15 is 4.39 Å². The second-order valence-electron chi connectivity index (χ2n) is 8.99. The van der Waals surface area contributed by atoms with Gasteiger partial charge in [0.2, 0.25) is 0 Å². The van der Waals surface area contributed by atoms with Crippen molar-refractivity contribution in [1.29, 1.82) is 0 Å². The van der Waals surface area contributed by atoms with E-state index in [1.54, 1.807) is 6.07 Å². The topological polar surface area (TPSA) is 9.23 Å². The zero-order valence-electron chi connectivity index (χ0n) is 20.7. The van der Waals surface area contributed by atoms with Gasteiger partial charge >= 0.3 is 200 Å². The molecule has 1 aliphatic heterocycles. The Morgan fingerprint density at radius 2 is 1.03 bits per heavy atom. The van der Waals surface area contributed by atoms with E-state index in [4.69, 9.17) is 4.52 Å². The second-order valence-corrected chi connectivity index (χ2v) is 13.6. The summed E-state index contributed by atoms with van der Waals surface area (Å²) in [5, 5.41) is 3.50. The summed E-state index contributed by atoms with van der Waals surface area (Å²) in [5.41, 5.74) is 0.652. The molecule has 0 amide bonds. The van der Waals surface area contributed by atoms with Crippen LogP contribution in [0.5, 0.6) is 0 Å². The van der Waals surface area contributed by atoms with E-state index in [-0.39, 0.29) is 17.4 Å². The van der Waals surface area contributed by atoms with Crippen LogP contribution in [0.3, 0.4) is 0 Å². The fourth-order valence-electron chi connectivity index (χ4n) is 6.05. The average Bonchev–Trinajstić information content (AvgIpc) is 3.29. The third-order valence-corrected chi connectivity index (χ3v) is 13.7. The van der Waals surface area contributed by atoms with Crippen LogP contribution in [0.25, 0.3) is 0 Å². The average molecular weight is 495 g/mol. The van der Waals surface area contributed by atoms with E-state index in [1.165, 1.54) is 22.0 Å². The Bertz CT molecular complexity index is 1270. The maximum absolute atomic E-state index is 15.3.